The molecule has 0 atom stereocenters. The van der Waals surface area contributed by atoms with E-state index in [0.717, 1.165) is 44.4 Å². The molecule has 3 aromatic rings. The Balaban J connectivity index is 1.62. The summed E-state index contributed by atoms with van der Waals surface area (Å²) in [5.74, 6) is 0. The smallest absolute Gasteiger partial charge is 0.238 e. The molecule has 34 heavy (non-hydrogen) atoms. The molecule has 2 aliphatic rings. The van der Waals surface area contributed by atoms with Gasteiger partial charge in [0.05, 0.1) is 33.2 Å². The van der Waals surface area contributed by atoms with E-state index in [1.165, 1.54) is 36.4 Å². The number of rotatable bonds is 1. The van der Waals surface area contributed by atoms with Gasteiger partial charge in [-0.25, -0.2) is 7.94 Å². The highest BCUT2D eigenvalue weighted by Gasteiger charge is 2.37. The summed E-state index contributed by atoms with van der Waals surface area (Å²) >= 11 is -4.77. The first kappa shape index (κ1) is 22.6. The van der Waals surface area contributed by atoms with Crippen LogP contribution in [0.25, 0.3) is 22.9 Å². The predicted octanol–water partition coefficient (Wildman–Crippen LogP) is 6.52. The third-order valence-corrected chi connectivity index (χ3v) is 7.33. The molecular weight excluding hydrogens is 488 g/mol. The Morgan fingerprint density at radius 2 is 1.44 bits per heavy atom. The van der Waals surface area contributed by atoms with Crippen LogP contribution in [0.5, 0.6) is 0 Å². The number of hydrogen-bond acceptors (Lipinski definition) is 0. The van der Waals surface area contributed by atoms with Crippen molar-refractivity contribution < 1.29 is 34.1 Å². The van der Waals surface area contributed by atoms with Crippen LogP contribution in [0.3, 0.4) is 0 Å². The molecule has 0 N–H and O–H groups in total. The Morgan fingerprint density at radius 3 is 2.03 bits per heavy atom. The van der Waals surface area contributed by atoms with Crippen molar-refractivity contribution in [2.75, 3.05) is 0 Å². The molecule has 1 aliphatic carbocycles. The molecule has 3 heterocycles. The van der Waals surface area contributed by atoms with Gasteiger partial charge in [-0.1, -0.05) is 24.3 Å². The van der Waals surface area contributed by atoms with Gasteiger partial charge in [-0.3, -0.25) is 0 Å². The Bertz CT molecular complexity index is 1460. The second-order valence-electron chi connectivity index (χ2n) is 7.73. The van der Waals surface area contributed by atoms with Crippen LogP contribution in [-0.2, 0) is 6.18 Å². The van der Waals surface area contributed by atoms with Gasteiger partial charge in [0.15, 0.2) is 0 Å². The van der Waals surface area contributed by atoms with Gasteiger partial charge < -0.3 is 0 Å². The van der Waals surface area contributed by atoms with Crippen LogP contribution in [0.15, 0.2) is 72.3 Å². The van der Waals surface area contributed by atoms with Crippen molar-refractivity contribution in [2.45, 2.75) is 18.8 Å². The molecule has 2 aromatic heterocycles. The Hall–Kier alpha value is -3.21. The van der Waals surface area contributed by atoms with Gasteiger partial charge in [0.1, 0.15) is 0 Å². The number of benzene rings is 1. The van der Waals surface area contributed by atoms with Gasteiger partial charge in [0.25, 0.3) is 0 Å². The first-order valence-electron chi connectivity index (χ1n) is 9.88. The van der Waals surface area contributed by atoms with Crippen molar-refractivity contribution in [1.29, 1.82) is 0 Å². The number of allylic oxidation sites excluding steroid dienone is 4. The van der Waals surface area contributed by atoms with Crippen LogP contribution >= 0.6 is 11.2 Å². The quantitative estimate of drug-likeness (QED) is 0.336. The third kappa shape index (κ3) is 3.58. The molecule has 0 unspecified atom stereocenters. The molecule has 11 heteroatoms. The third-order valence-electron chi connectivity index (χ3n) is 5.64. The second-order valence-corrected chi connectivity index (χ2v) is 9.29. The monoisotopic (exact) mass is 502 g/mol. The Labute approximate surface area is 189 Å². The normalized spacial score (nSPS) is 19.7. The second kappa shape index (κ2) is 7.39. The van der Waals surface area contributed by atoms with E-state index < -0.39 is 34.7 Å². The van der Waals surface area contributed by atoms with Gasteiger partial charge in [-0.2, -0.15) is 26.3 Å². The van der Waals surface area contributed by atoms with Crippen LogP contribution in [0, 0.1) is 0 Å². The number of aromatic nitrogens is 2. The standard InChI is InChI=1S/C23H14F8N2S/c24-22(25,26)16-5-1-14(2-6-16)20-11-9-18-13-19-10-12-21(33(19)34(30,31)32(18)20)15-3-7-17(8-4-15)23(27,28)29/h1-3,5-13H,4H2. The summed E-state index contributed by atoms with van der Waals surface area (Å²) in [6.07, 6.45) is -4.76. The zero-order valence-corrected chi connectivity index (χ0v) is 17.8. The molecule has 1 aromatic carbocycles. The first-order chi connectivity index (χ1) is 15.9. The lowest BCUT2D eigenvalue weighted by Gasteiger charge is -2.31. The van der Waals surface area contributed by atoms with Crippen molar-refractivity contribution in [1.82, 2.24) is 7.94 Å². The summed E-state index contributed by atoms with van der Waals surface area (Å²) in [5, 5.41) is 0.267. The van der Waals surface area contributed by atoms with Crippen LogP contribution in [-0.4, -0.2) is 14.1 Å². The molecule has 0 amide bonds. The van der Waals surface area contributed by atoms with E-state index >= 15 is 7.77 Å². The molecule has 0 saturated heterocycles. The van der Waals surface area contributed by atoms with Gasteiger partial charge in [-0.15, -0.1) is 7.77 Å². The topological polar surface area (TPSA) is 9.86 Å². The fourth-order valence-electron chi connectivity index (χ4n) is 4.04. The lowest BCUT2D eigenvalue weighted by molar-refractivity contribution is -0.137. The minimum absolute atomic E-state index is 0.0358. The average Bonchev–Trinajstić information content (AvgIpc) is 3.38. The lowest BCUT2D eigenvalue weighted by Crippen LogP contribution is -2.35. The van der Waals surface area contributed by atoms with Gasteiger partial charge in [0.2, 0.25) is 11.2 Å². The number of nitrogens with zero attached hydrogens (tertiary/aromatic N) is 2. The van der Waals surface area contributed by atoms with Crippen LogP contribution < -0.4 is 10.7 Å². The fourth-order valence-corrected chi connectivity index (χ4v) is 5.76. The summed E-state index contributed by atoms with van der Waals surface area (Å²) in [4.78, 5) is 0. The number of alkyl halides is 6. The lowest BCUT2D eigenvalue weighted by atomic mass is 10.0. The molecule has 0 radical (unpaired) electrons. The zero-order valence-electron chi connectivity index (χ0n) is 17.0. The first-order valence-corrected chi connectivity index (χ1v) is 11.2. The van der Waals surface area contributed by atoms with Crippen LogP contribution in [0.1, 0.15) is 17.7 Å². The number of halogens is 8. The van der Waals surface area contributed by atoms with Gasteiger partial charge in [0, 0.05) is 0 Å². The minimum atomic E-state index is -4.77. The molecule has 0 fully saturated rings. The Morgan fingerprint density at radius 1 is 0.735 bits per heavy atom. The maximum absolute atomic E-state index is 15.9. The van der Waals surface area contributed by atoms with E-state index in [9.17, 15) is 26.3 Å². The van der Waals surface area contributed by atoms with Crippen molar-refractivity contribution in [2.24, 2.45) is 0 Å². The van der Waals surface area contributed by atoms with E-state index in [-0.39, 0.29) is 34.1 Å². The van der Waals surface area contributed by atoms with Crippen molar-refractivity contribution >= 4 is 22.8 Å². The molecule has 0 bridgehead atoms. The summed E-state index contributed by atoms with van der Waals surface area (Å²) in [5.41, 5.74) is -1.05. The molecule has 5 rings (SSSR count). The van der Waals surface area contributed by atoms with E-state index in [2.05, 4.69) is 0 Å². The number of hydrogen-bond donors (Lipinski definition) is 0. The van der Waals surface area contributed by atoms with Gasteiger partial charge >= 0.3 is 12.4 Å². The maximum atomic E-state index is 15.9. The highest BCUT2D eigenvalue weighted by atomic mass is 32.3. The van der Waals surface area contributed by atoms with Crippen LogP contribution in [0.4, 0.5) is 34.1 Å². The summed E-state index contributed by atoms with van der Waals surface area (Å²) in [7, 11) is 0. The molecule has 178 valence electrons. The molecule has 0 saturated carbocycles. The zero-order chi connectivity index (χ0) is 24.5. The molecule has 1 aliphatic heterocycles. The summed E-state index contributed by atoms with van der Waals surface area (Å²) in [6.45, 7) is 0. The molecular formula is C23H14F8N2S. The van der Waals surface area contributed by atoms with Gasteiger partial charge in [-0.05, 0) is 66.1 Å². The Kier molecular flexibility index (Phi) is 4.91. The largest absolute Gasteiger partial charge is 0.416 e. The minimum Gasteiger partial charge on any atom is -0.238 e. The summed E-state index contributed by atoms with van der Waals surface area (Å²) in [6, 6.07) is 9.69. The maximum Gasteiger partial charge on any atom is 0.416 e. The fraction of sp³-hybridized carbons (Fsp3) is 0.130. The summed E-state index contributed by atoms with van der Waals surface area (Å²) < 4.78 is 111. The van der Waals surface area contributed by atoms with Crippen molar-refractivity contribution in [3.63, 3.8) is 0 Å². The van der Waals surface area contributed by atoms with E-state index in [0.29, 0.717) is 5.57 Å². The van der Waals surface area contributed by atoms with Crippen molar-refractivity contribution in [3.8, 4) is 11.3 Å². The molecule has 2 nitrogen and oxygen atoms in total. The highest BCUT2D eigenvalue weighted by molar-refractivity contribution is 8.22. The predicted molar refractivity (Wildman–Crippen MR) is 114 cm³/mol. The van der Waals surface area contributed by atoms with E-state index in [4.69, 9.17) is 0 Å². The van der Waals surface area contributed by atoms with E-state index in [1.807, 2.05) is 0 Å². The highest BCUT2D eigenvalue weighted by Crippen LogP contribution is 2.56. The van der Waals surface area contributed by atoms with E-state index in [1.54, 1.807) is 0 Å². The number of fused-ring (bicyclic) bond motifs is 2. The van der Waals surface area contributed by atoms with Crippen molar-refractivity contribution in [3.05, 3.63) is 94.3 Å². The molecule has 0 spiro atoms. The average molecular weight is 502 g/mol. The SMILES string of the molecule is FC(F)(F)C1=CCC(=c2ccc3n2S(F)(F)n2c(ccc2-c2ccc(C(F)(F)F)cc2)C=3)C=C1. The van der Waals surface area contributed by atoms with Crippen LogP contribution in [0.2, 0.25) is 0 Å².